The summed E-state index contributed by atoms with van der Waals surface area (Å²) >= 11 is 0. The number of pyridine rings is 1. The van der Waals surface area contributed by atoms with Crippen molar-refractivity contribution in [3.8, 4) is 5.69 Å². The number of primary amides is 1. The van der Waals surface area contributed by atoms with Crippen molar-refractivity contribution in [1.82, 2.24) is 20.0 Å². The standard InChI is InChI=1S/C20H24N8O/c21-16-6-1-2-7-17(16)27-19-11-18(15(12-23-19)20(22)29)26-13-4-3-5-14(10-13)28-24-8-9-25-28/h3-5,8-12,16-17H,1-2,6-7,21H2,(H2,22,29)(H2,23,26,27)/t16-,17+/m0/s1. The molecule has 3 aromatic rings. The van der Waals surface area contributed by atoms with Gasteiger partial charge in [0.15, 0.2) is 0 Å². The maximum Gasteiger partial charge on any atom is 0.252 e. The van der Waals surface area contributed by atoms with Crippen molar-refractivity contribution in [1.29, 1.82) is 0 Å². The van der Waals surface area contributed by atoms with Crippen LogP contribution in [0.2, 0.25) is 0 Å². The number of nitrogens with zero attached hydrogens (tertiary/aromatic N) is 4. The number of rotatable bonds is 6. The van der Waals surface area contributed by atoms with Crippen LogP contribution >= 0.6 is 0 Å². The number of aromatic nitrogens is 4. The molecular formula is C20H24N8O. The van der Waals surface area contributed by atoms with Crippen molar-refractivity contribution in [2.75, 3.05) is 10.6 Å². The Hall–Kier alpha value is -3.46. The van der Waals surface area contributed by atoms with Crippen LogP contribution in [-0.4, -0.2) is 38.0 Å². The third-order valence-corrected chi connectivity index (χ3v) is 5.10. The van der Waals surface area contributed by atoms with E-state index < -0.39 is 5.91 Å². The molecule has 0 spiro atoms. The molecule has 1 saturated carbocycles. The van der Waals surface area contributed by atoms with Crippen LogP contribution in [0, 0.1) is 0 Å². The molecule has 0 unspecified atom stereocenters. The first-order valence-corrected chi connectivity index (χ1v) is 9.66. The van der Waals surface area contributed by atoms with Gasteiger partial charge in [-0.15, -0.1) is 0 Å². The summed E-state index contributed by atoms with van der Waals surface area (Å²) in [4.78, 5) is 17.8. The molecule has 9 nitrogen and oxygen atoms in total. The van der Waals surface area contributed by atoms with Gasteiger partial charge >= 0.3 is 0 Å². The van der Waals surface area contributed by atoms with Crippen LogP contribution < -0.4 is 22.1 Å². The van der Waals surface area contributed by atoms with Gasteiger partial charge < -0.3 is 22.1 Å². The lowest BCUT2D eigenvalue weighted by atomic mass is 9.91. The molecule has 0 aliphatic heterocycles. The number of nitrogens with one attached hydrogen (secondary N) is 2. The van der Waals surface area contributed by atoms with Crippen LogP contribution in [0.5, 0.6) is 0 Å². The van der Waals surface area contributed by atoms with Crippen LogP contribution in [0.1, 0.15) is 36.0 Å². The Morgan fingerprint density at radius 2 is 1.93 bits per heavy atom. The fourth-order valence-corrected chi connectivity index (χ4v) is 3.58. The highest BCUT2D eigenvalue weighted by molar-refractivity contribution is 5.99. The Labute approximate surface area is 168 Å². The number of carbonyl (C=O) groups is 1. The Balaban J connectivity index is 1.60. The van der Waals surface area contributed by atoms with Crippen molar-refractivity contribution >= 4 is 23.1 Å². The van der Waals surface area contributed by atoms with Gasteiger partial charge in [0, 0.05) is 30.0 Å². The fraction of sp³-hybridized carbons (Fsp3) is 0.300. The highest BCUT2D eigenvalue weighted by atomic mass is 16.1. The molecule has 0 bridgehead atoms. The van der Waals surface area contributed by atoms with Gasteiger partial charge in [-0.3, -0.25) is 4.79 Å². The zero-order valence-corrected chi connectivity index (χ0v) is 16.0. The molecule has 6 N–H and O–H groups in total. The summed E-state index contributed by atoms with van der Waals surface area (Å²) in [5, 5.41) is 14.9. The number of hydrogen-bond acceptors (Lipinski definition) is 7. The number of nitrogens with two attached hydrogens (primary N) is 2. The molecule has 2 aromatic heterocycles. The van der Waals surface area contributed by atoms with Gasteiger partial charge in [0.25, 0.3) is 5.91 Å². The summed E-state index contributed by atoms with van der Waals surface area (Å²) in [6.07, 6.45) is 9.01. The van der Waals surface area contributed by atoms with Gasteiger partial charge in [0.2, 0.25) is 0 Å². The van der Waals surface area contributed by atoms with E-state index in [1.54, 1.807) is 18.5 Å². The van der Waals surface area contributed by atoms with Crippen molar-refractivity contribution in [2.45, 2.75) is 37.8 Å². The number of carbonyl (C=O) groups excluding carboxylic acids is 1. The van der Waals surface area contributed by atoms with Crippen LogP contribution in [0.25, 0.3) is 5.69 Å². The second kappa shape index (κ2) is 8.27. The first kappa shape index (κ1) is 18.9. The minimum atomic E-state index is -0.550. The Morgan fingerprint density at radius 1 is 1.14 bits per heavy atom. The molecular weight excluding hydrogens is 368 g/mol. The zero-order valence-electron chi connectivity index (χ0n) is 16.0. The normalized spacial score (nSPS) is 18.9. The largest absolute Gasteiger partial charge is 0.366 e. The average Bonchev–Trinajstić information content (AvgIpc) is 3.25. The maximum absolute atomic E-state index is 11.9. The first-order chi connectivity index (χ1) is 14.1. The van der Waals surface area contributed by atoms with E-state index >= 15 is 0 Å². The lowest BCUT2D eigenvalue weighted by Crippen LogP contribution is -2.42. The smallest absolute Gasteiger partial charge is 0.252 e. The molecule has 1 aliphatic carbocycles. The summed E-state index contributed by atoms with van der Waals surface area (Å²) in [7, 11) is 0. The van der Waals surface area contributed by atoms with E-state index in [1.807, 2.05) is 24.3 Å². The predicted octanol–water partition coefficient (Wildman–Crippen LogP) is 2.19. The van der Waals surface area contributed by atoms with Gasteiger partial charge in [-0.25, -0.2) is 4.98 Å². The van der Waals surface area contributed by atoms with Gasteiger partial charge in [-0.1, -0.05) is 18.9 Å². The van der Waals surface area contributed by atoms with Gasteiger partial charge in [0.1, 0.15) is 5.82 Å². The molecule has 150 valence electrons. The third-order valence-electron chi connectivity index (χ3n) is 5.10. The summed E-state index contributed by atoms with van der Waals surface area (Å²) < 4.78 is 0. The van der Waals surface area contributed by atoms with Crippen molar-refractivity contribution in [3.05, 3.63) is 54.5 Å². The Bertz CT molecular complexity index is 988. The molecule has 1 fully saturated rings. The molecule has 2 atom stereocenters. The van der Waals surface area contributed by atoms with E-state index in [0.29, 0.717) is 17.1 Å². The van der Waals surface area contributed by atoms with E-state index in [4.69, 9.17) is 11.5 Å². The van der Waals surface area contributed by atoms with Crippen LogP contribution in [0.4, 0.5) is 17.2 Å². The maximum atomic E-state index is 11.9. The van der Waals surface area contributed by atoms with E-state index in [1.165, 1.54) is 11.0 Å². The minimum Gasteiger partial charge on any atom is -0.366 e. The fourth-order valence-electron chi connectivity index (χ4n) is 3.58. The summed E-state index contributed by atoms with van der Waals surface area (Å²) in [6.45, 7) is 0. The van der Waals surface area contributed by atoms with E-state index in [0.717, 1.165) is 37.1 Å². The molecule has 29 heavy (non-hydrogen) atoms. The zero-order chi connectivity index (χ0) is 20.2. The number of anilines is 3. The molecule has 4 rings (SSSR count). The highest BCUT2D eigenvalue weighted by Gasteiger charge is 2.22. The lowest BCUT2D eigenvalue weighted by Gasteiger charge is -2.29. The van der Waals surface area contributed by atoms with Gasteiger partial charge in [0.05, 0.1) is 29.3 Å². The van der Waals surface area contributed by atoms with Crippen molar-refractivity contribution in [2.24, 2.45) is 11.5 Å². The Kier molecular flexibility index (Phi) is 5.39. The molecule has 9 heteroatoms. The SMILES string of the molecule is NC(=O)c1cnc(N[C@@H]2CCCC[C@@H]2N)cc1Nc1cccc(-n2nccn2)c1. The van der Waals surface area contributed by atoms with Gasteiger partial charge in [-0.2, -0.15) is 15.0 Å². The second-order valence-corrected chi connectivity index (χ2v) is 7.17. The highest BCUT2D eigenvalue weighted by Crippen LogP contribution is 2.26. The summed E-state index contributed by atoms with van der Waals surface area (Å²) in [5.41, 5.74) is 14.2. The molecule has 2 heterocycles. The molecule has 0 saturated heterocycles. The average molecular weight is 392 g/mol. The van der Waals surface area contributed by atoms with E-state index in [2.05, 4.69) is 25.8 Å². The molecule has 1 aromatic carbocycles. The quantitative estimate of drug-likeness (QED) is 0.504. The van der Waals surface area contributed by atoms with E-state index in [-0.39, 0.29) is 12.1 Å². The van der Waals surface area contributed by atoms with Crippen LogP contribution in [0.15, 0.2) is 48.9 Å². The van der Waals surface area contributed by atoms with E-state index in [9.17, 15) is 4.79 Å². The molecule has 0 radical (unpaired) electrons. The monoisotopic (exact) mass is 392 g/mol. The Morgan fingerprint density at radius 3 is 2.69 bits per heavy atom. The first-order valence-electron chi connectivity index (χ1n) is 9.66. The second-order valence-electron chi connectivity index (χ2n) is 7.17. The van der Waals surface area contributed by atoms with Crippen molar-refractivity contribution < 1.29 is 4.79 Å². The number of amides is 1. The summed E-state index contributed by atoms with van der Waals surface area (Å²) in [6, 6.07) is 9.60. The van der Waals surface area contributed by atoms with Crippen LogP contribution in [0.3, 0.4) is 0 Å². The van der Waals surface area contributed by atoms with Crippen molar-refractivity contribution in [3.63, 3.8) is 0 Å². The number of benzene rings is 1. The lowest BCUT2D eigenvalue weighted by molar-refractivity contribution is 0.100. The molecule has 1 aliphatic rings. The molecule has 1 amide bonds. The summed E-state index contributed by atoms with van der Waals surface area (Å²) in [5.74, 6) is 0.107. The predicted molar refractivity (Wildman–Crippen MR) is 111 cm³/mol. The number of hydrogen-bond donors (Lipinski definition) is 4. The topological polar surface area (TPSA) is 137 Å². The minimum absolute atomic E-state index is 0.0935. The third kappa shape index (κ3) is 4.35. The van der Waals surface area contributed by atoms with Crippen LogP contribution in [-0.2, 0) is 0 Å². The van der Waals surface area contributed by atoms with Gasteiger partial charge in [-0.05, 0) is 31.0 Å².